The Bertz CT molecular complexity index is 915. The van der Waals surface area contributed by atoms with Crippen LogP contribution in [0.4, 0.5) is 5.69 Å². The van der Waals surface area contributed by atoms with E-state index in [0.717, 1.165) is 28.7 Å². The number of aryl methyl sites for hydroxylation is 1. The van der Waals surface area contributed by atoms with Crippen LogP contribution in [-0.4, -0.2) is 25.8 Å². The number of amides is 1. The number of anilines is 1. The van der Waals surface area contributed by atoms with Gasteiger partial charge in [0.2, 0.25) is 0 Å². The van der Waals surface area contributed by atoms with Crippen molar-refractivity contribution in [2.24, 2.45) is 5.92 Å². The summed E-state index contributed by atoms with van der Waals surface area (Å²) < 4.78 is 1.86. The molecule has 3 rings (SSSR count). The van der Waals surface area contributed by atoms with E-state index in [2.05, 4.69) is 29.2 Å². The van der Waals surface area contributed by atoms with Gasteiger partial charge in [-0.25, -0.2) is 9.67 Å². The molecule has 0 aliphatic rings. The number of fused-ring (bicyclic) bond motifs is 1. The summed E-state index contributed by atoms with van der Waals surface area (Å²) in [4.78, 5) is 17.0. The summed E-state index contributed by atoms with van der Waals surface area (Å²) in [5.41, 5.74) is 3.63. The fourth-order valence-corrected chi connectivity index (χ4v) is 2.67. The second kappa shape index (κ2) is 7.03. The van der Waals surface area contributed by atoms with Gasteiger partial charge in [-0.1, -0.05) is 26.0 Å². The summed E-state index contributed by atoms with van der Waals surface area (Å²) >= 11 is 0. The first-order chi connectivity index (χ1) is 12.0. The quantitative estimate of drug-likeness (QED) is 0.749. The van der Waals surface area contributed by atoms with E-state index in [9.17, 15) is 9.90 Å². The summed E-state index contributed by atoms with van der Waals surface area (Å²) in [5.74, 6) is 0.235. The smallest absolute Gasteiger partial charge is 0.257 e. The maximum absolute atomic E-state index is 12.6. The summed E-state index contributed by atoms with van der Waals surface area (Å²) in [6.45, 7) is 6.88. The van der Waals surface area contributed by atoms with Crippen molar-refractivity contribution in [1.82, 2.24) is 14.8 Å². The molecule has 0 fully saturated rings. The lowest BCUT2D eigenvalue weighted by Gasteiger charge is -2.10. The third-order valence-electron chi connectivity index (χ3n) is 4.01. The van der Waals surface area contributed by atoms with Gasteiger partial charge in [0.25, 0.3) is 5.91 Å². The molecule has 2 N–H and O–H groups in total. The Labute approximate surface area is 146 Å². The van der Waals surface area contributed by atoms with Crippen molar-refractivity contribution in [1.29, 1.82) is 0 Å². The van der Waals surface area contributed by atoms with Gasteiger partial charge in [-0.2, -0.15) is 5.10 Å². The van der Waals surface area contributed by atoms with Gasteiger partial charge in [0, 0.05) is 23.8 Å². The van der Waals surface area contributed by atoms with Crippen molar-refractivity contribution in [3.63, 3.8) is 0 Å². The largest absolute Gasteiger partial charge is 0.392 e. The van der Waals surface area contributed by atoms with Crippen molar-refractivity contribution in [3.05, 3.63) is 53.3 Å². The van der Waals surface area contributed by atoms with Gasteiger partial charge < -0.3 is 10.4 Å². The predicted octanol–water partition coefficient (Wildman–Crippen LogP) is 3.14. The standard InChI is InChI=1S/C19H22N4O2/c1-12(2)10-23-18-15(9-21-23)7-16(8-20-18)19(25)22-17-6-14(11-24)5-4-13(17)3/h4-9,12,24H,10-11H2,1-3H3,(H,22,25). The van der Waals surface area contributed by atoms with Crippen LogP contribution in [0, 0.1) is 12.8 Å². The van der Waals surface area contributed by atoms with Crippen molar-refractivity contribution in [2.75, 3.05) is 5.32 Å². The van der Waals surface area contributed by atoms with Crippen molar-refractivity contribution in [2.45, 2.75) is 33.9 Å². The molecule has 0 unspecified atom stereocenters. The Morgan fingerprint density at radius 3 is 2.80 bits per heavy atom. The topological polar surface area (TPSA) is 80.0 Å². The molecule has 0 spiro atoms. The molecule has 2 aromatic heterocycles. The van der Waals surface area contributed by atoms with Crippen LogP contribution in [0.2, 0.25) is 0 Å². The molecule has 3 aromatic rings. The number of hydrogen-bond acceptors (Lipinski definition) is 4. The summed E-state index contributed by atoms with van der Waals surface area (Å²) in [6, 6.07) is 7.28. The normalized spacial score (nSPS) is 11.2. The lowest BCUT2D eigenvalue weighted by molar-refractivity contribution is 0.102. The van der Waals surface area contributed by atoms with E-state index in [1.165, 1.54) is 0 Å². The number of aliphatic hydroxyl groups excluding tert-OH is 1. The highest BCUT2D eigenvalue weighted by Gasteiger charge is 2.12. The minimum absolute atomic E-state index is 0.0638. The van der Waals surface area contributed by atoms with E-state index in [4.69, 9.17) is 0 Å². The zero-order valence-electron chi connectivity index (χ0n) is 14.7. The van der Waals surface area contributed by atoms with Crippen LogP contribution in [-0.2, 0) is 13.2 Å². The molecule has 6 nitrogen and oxygen atoms in total. The molecule has 0 radical (unpaired) electrons. The van der Waals surface area contributed by atoms with Crippen molar-refractivity contribution < 1.29 is 9.90 Å². The van der Waals surface area contributed by atoms with Crippen LogP contribution < -0.4 is 5.32 Å². The number of carbonyl (C=O) groups excluding carboxylic acids is 1. The van der Waals surface area contributed by atoms with Crippen LogP contribution in [0.25, 0.3) is 11.0 Å². The average molecular weight is 338 g/mol. The minimum atomic E-state index is -0.232. The Morgan fingerprint density at radius 2 is 2.08 bits per heavy atom. The molecule has 0 saturated heterocycles. The molecule has 1 amide bonds. The lowest BCUT2D eigenvalue weighted by Crippen LogP contribution is -2.13. The van der Waals surface area contributed by atoms with Gasteiger partial charge in [0.15, 0.2) is 5.65 Å². The number of nitrogens with zero attached hydrogens (tertiary/aromatic N) is 3. The number of hydrogen-bond donors (Lipinski definition) is 2. The predicted molar refractivity (Wildman–Crippen MR) is 97.4 cm³/mol. The van der Waals surface area contributed by atoms with E-state index in [1.54, 1.807) is 24.5 Å². The number of aromatic nitrogens is 3. The molecular formula is C19H22N4O2. The van der Waals surface area contributed by atoms with E-state index < -0.39 is 0 Å². The Hall–Kier alpha value is -2.73. The van der Waals surface area contributed by atoms with Crippen LogP contribution in [0.3, 0.4) is 0 Å². The van der Waals surface area contributed by atoms with E-state index >= 15 is 0 Å². The van der Waals surface area contributed by atoms with Gasteiger partial charge >= 0.3 is 0 Å². The first kappa shape index (κ1) is 17.1. The third-order valence-corrected chi connectivity index (χ3v) is 4.01. The third kappa shape index (κ3) is 3.69. The maximum atomic E-state index is 12.6. The Kier molecular flexibility index (Phi) is 4.81. The summed E-state index contributed by atoms with van der Waals surface area (Å²) in [5, 5.41) is 17.3. The fraction of sp³-hybridized carbons (Fsp3) is 0.316. The van der Waals surface area contributed by atoms with Crippen molar-refractivity contribution >= 4 is 22.6 Å². The van der Waals surface area contributed by atoms with Crippen LogP contribution in [0.1, 0.15) is 35.3 Å². The number of aliphatic hydroxyl groups is 1. The molecule has 0 aliphatic heterocycles. The average Bonchev–Trinajstić information content (AvgIpc) is 2.98. The van der Waals surface area contributed by atoms with Gasteiger partial charge in [-0.05, 0) is 36.1 Å². The number of nitrogens with one attached hydrogen (secondary N) is 1. The van der Waals surface area contributed by atoms with Gasteiger partial charge in [0.05, 0.1) is 18.4 Å². The second-order valence-corrected chi connectivity index (χ2v) is 6.62. The Morgan fingerprint density at radius 1 is 1.28 bits per heavy atom. The first-order valence-electron chi connectivity index (χ1n) is 8.31. The maximum Gasteiger partial charge on any atom is 0.257 e. The molecule has 6 heteroatoms. The highest BCUT2D eigenvalue weighted by Crippen LogP contribution is 2.19. The molecule has 0 aliphatic carbocycles. The van der Waals surface area contributed by atoms with Crippen LogP contribution in [0.5, 0.6) is 0 Å². The number of benzene rings is 1. The van der Waals surface area contributed by atoms with Crippen LogP contribution >= 0.6 is 0 Å². The Balaban J connectivity index is 1.85. The molecule has 0 saturated carbocycles. The number of rotatable bonds is 5. The molecule has 1 aromatic carbocycles. The molecule has 0 bridgehead atoms. The molecule has 25 heavy (non-hydrogen) atoms. The van der Waals surface area contributed by atoms with Crippen LogP contribution in [0.15, 0.2) is 36.7 Å². The lowest BCUT2D eigenvalue weighted by atomic mass is 10.1. The highest BCUT2D eigenvalue weighted by molar-refractivity contribution is 6.06. The minimum Gasteiger partial charge on any atom is -0.392 e. The fourth-order valence-electron chi connectivity index (χ4n) is 2.67. The first-order valence-corrected chi connectivity index (χ1v) is 8.31. The highest BCUT2D eigenvalue weighted by atomic mass is 16.3. The second-order valence-electron chi connectivity index (χ2n) is 6.62. The number of carbonyl (C=O) groups is 1. The summed E-state index contributed by atoms with van der Waals surface area (Å²) in [6.07, 6.45) is 3.31. The molecule has 0 atom stereocenters. The number of pyridine rings is 1. The van der Waals surface area contributed by atoms with Gasteiger partial charge in [-0.3, -0.25) is 4.79 Å². The zero-order valence-corrected chi connectivity index (χ0v) is 14.7. The van der Waals surface area contributed by atoms with Crippen molar-refractivity contribution in [3.8, 4) is 0 Å². The SMILES string of the molecule is Cc1ccc(CO)cc1NC(=O)c1cnc2c(cnn2CC(C)C)c1. The zero-order chi connectivity index (χ0) is 18.0. The molecule has 130 valence electrons. The van der Waals surface area contributed by atoms with Gasteiger partial charge in [0.1, 0.15) is 0 Å². The molecule has 2 heterocycles. The van der Waals surface area contributed by atoms with E-state index in [0.29, 0.717) is 17.2 Å². The molecular weight excluding hydrogens is 316 g/mol. The van der Waals surface area contributed by atoms with Gasteiger partial charge in [-0.15, -0.1) is 0 Å². The van der Waals surface area contributed by atoms with E-state index in [-0.39, 0.29) is 12.5 Å². The monoisotopic (exact) mass is 338 g/mol. The summed E-state index contributed by atoms with van der Waals surface area (Å²) in [7, 11) is 0. The van der Waals surface area contributed by atoms with E-state index in [1.807, 2.05) is 23.7 Å².